The molecule has 3 N–H and O–H groups in total. The number of likely N-dealkylation sites (N-methyl/N-ethyl adjacent to an activating group) is 1. The molecule has 1 fully saturated rings. The van der Waals surface area contributed by atoms with Gasteiger partial charge in [0.15, 0.2) is 5.76 Å². The third-order valence-electron chi connectivity index (χ3n) is 6.69. The molecule has 0 aliphatic carbocycles. The number of aliphatic hydroxyl groups is 1. The predicted octanol–water partition coefficient (Wildman–Crippen LogP) is 2.55. The van der Waals surface area contributed by atoms with Crippen LogP contribution in [0.1, 0.15) is 28.8 Å². The molecule has 1 spiro atoms. The number of carbonyl (C=O) groups is 1. The number of amides is 2. The van der Waals surface area contributed by atoms with Crippen molar-refractivity contribution in [1.29, 1.82) is 0 Å². The van der Waals surface area contributed by atoms with Crippen LogP contribution >= 0.6 is 0 Å². The number of aliphatic hydroxyl groups excluding tert-OH is 1. The minimum absolute atomic E-state index is 0.0276. The molecule has 2 aliphatic heterocycles. The van der Waals surface area contributed by atoms with Crippen molar-refractivity contribution in [1.82, 2.24) is 19.9 Å². The van der Waals surface area contributed by atoms with Crippen LogP contribution in [0.2, 0.25) is 0 Å². The van der Waals surface area contributed by atoms with Crippen molar-refractivity contribution in [3.8, 4) is 5.75 Å². The number of carbonyl (C=O) groups excluding carboxylic acids is 1. The first-order chi connectivity index (χ1) is 14.9. The van der Waals surface area contributed by atoms with E-state index in [1.54, 1.807) is 21.0 Å². The highest BCUT2D eigenvalue weighted by molar-refractivity contribution is 5.93. The summed E-state index contributed by atoms with van der Waals surface area (Å²) in [6.45, 7) is 5.57. The number of likely N-dealkylation sites (tertiary alicyclic amines) is 1. The SMILES string of the molecule is COc1ccc2c3c([nH]c2c1)[C@H](CO)N(C)CC31CN(C(=O)Nc2c(C)noc2C)C1. The van der Waals surface area contributed by atoms with E-state index >= 15 is 0 Å². The van der Waals surface area contributed by atoms with Gasteiger partial charge in [-0.3, -0.25) is 4.90 Å². The molecule has 2 aromatic heterocycles. The maximum atomic E-state index is 12.9. The van der Waals surface area contributed by atoms with Crippen molar-refractivity contribution in [3.63, 3.8) is 0 Å². The summed E-state index contributed by atoms with van der Waals surface area (Å²) < 4.78 is 10.5. The van der Waals surface area contributed by atoms with Gasteiger partial charge in [-0.2, -0.15) is 0 Å². The molecule has 0 unspecified atom stereocenters. The summed E-state index contributed by atoms with van der Waals surface area (Å²) >= 11 is 0. The lowest BCUT2D eigenvalue weighted by molar-refractivity contribution is 0.0297. The fourth-order valence-corrected chi connectivity index (χ4v) is 5.20. The highest BCUT2D eigenvalue weighted by Gasteiger charge is 2.53. The number of urea groups is 1. The molecule has 0 radical (unpaired) electrons. The lowest BCUT2D eigenvalue weighted by atomic mass is 9.69. The van der Waals surface area contributed by atoms with E-state index in [1.165, 1.54) is 5.56 Å². The molecule has 0 bridgehead atoms. The topological polar surface area (TPSA) is 107 Å². The first-order valence-electron chi connectivity index (χ1n) is 10.4. The van der Waals surface area contributed by atoms with Gasteiger partial charge in [-0.1, -0.05) is 5.16 Å². The Morgan fingerprint density at radius 3 is 2.81 bits per heavy atom. The second-order valence-corrected chi connectivity index (χ2v) is 8.70. The molecule has 164 valence electrons. The van der Waals surface area contributed by atoms with Gasteiger partial charge in [-0.25, -0.2) is 4.79 Å². The summed E-state index contributed by atoms with van der Waals surface area (Å²) in [6.07, 6.45) is 0. The van der Waals surface area contributed by atoms with Gasteiger partial charge in [0, 0.05) is 47.7 Å². The van der Waals surface area contributed by atoms with Gasteiger partial charge in [0.25, 0.3) is 0 Å². The van der Waals surface area contributed by atoms with Crippen LogP contribution in [0.25, 0.3) is 10.9 Å². The van der Waals surface area contributed by atoms with Crippen molar-refractivity contribution in [2.45, 2.75) is 25.3 Å². The Balaban J connectivity index is 1.48. The fourth-order valence-electron chi connectivity index (χ4n) is 5.20. The largest absolute Gasteiger partial charge is 0.497 e. The number of H-pyrrole nitrogens is 1. The number of ether oxygens (including phenoxy) is 1. The van der Waals surface area contributed by atoms with Crippen LogP contribution in [0.5, 0.6) is 5.75 Å². The third-order valence-corrected chi connectivity index (χ3v) is 6.69. The van der Waals surface area contributed by atoms with Crippen molar-refractivity contribution in [3.05, 3.63) is 40.9 Å². The van der Waals surface area contributed by atoms with E-state index in [0.717, 1.165) is 28.9 Å². The maximum Gasteiger partial charge on any atom is 0.322 e. The molecule has 31 heavy (non-hydrogen) atoms. The van der Waals surface area contributed by atoms with Crippen LogP contribution in [0, 0.1) is 13.8 Å². The lowest BCUT2D eigenvalue weighted by Gasteiger charge is -2.55. The number of nitrogens with one attached hydrogen (secondary N) is 2. The van der Waals surface area contributed by atoms with Crippen LogP contribution in [-0.2, 0) is 5.41 Å². The van der Waals surface area contributed by atoms with Gasteiger partial charge < -0.3 is 29.6 Å². The van der Waals surface area contributed by atoms with Crippen LogP contribution in [0.4, 0.5) is 10.5 Å². The zero-order valence-corrected chi connectivity index (χ0v) is 18.2. The normalized spacial score (nSPS) is 20.0. The van der Waals surface area contributed by atoms with Gasteiger partial charge in [0.2, 0.25) is 0 Å². The number of fused-ring (bicyclic) bond motifs is 4. The summed E-state index contributed by atoms with van der Waals surface area (Å²) in [5.41, 5.74) is 4.30. The minimum atomic E-state index is -0.196. The zero-order chi connectivity index (χ0) is 21.9. The number of hydrogen-bond acceptors (Lipinski definition) is 6. The van der Waals surface area contributed by atoms with Crippen LogP contribution < -0.4 is 10.1 Å². The number of aryl methyl sites for hydroxylation is 2. The van der Waals surface area contributed by atoms with Gasteiger partial charge in [-0.15, -0.1) is 0 Å². The van der Waals surface area contributed by atoms with Gasteiger partial charge in [0.05, 0.1) is 19.8 Å². The molecule has 1 saturated heterocycles. The highest BCUT2D eigenvalue weighted by atomic mass is 16.5. The molecule has 9 nitrogen and oxygen atoms in total. The number of methoxy groups -OCH3 is 1. The first kappa shape index (κ1) is 19.9. The number of anilines is 1. The van der Waals surface area contributed by atoms with E-state index < -0.39 is 0 Å². The number of aromatic nitrogens is 2. The molecule has 2 amide bonds. The molecule has 1 atom stereocenters. The van der Waals surface area contributed by atoms with E-state index in [9.17, 15) is 9.90 Å². The Kier molecular flexibility index (Phi) is 4.49. The Hall–Kier alpha value is -3.04. The van der Waals surface area contributed by atoms with E-state index in [4.69, 9.17) is 9.26 Å². The molecule has 1 aromatic carbocycles. The van der Waals surface area contributed by atoms with Gasteiger partial charge in [-0.05, 0) is 38.6 Å². The summed E-state index contributed by atoms with van der Waals surface area (Å²) in [5, 5.41) is 18.0. The fraction of sp³-hybridized carbons (Fsp3) is 0.455. The Bertz CT molecular complexity index is 1140. The van der Waals surface area contributed by atoms with E-state index in [-0.39, 0.29) is 24.1 Å². The van der Waals surface area contributed by atoms with E-state index in [0.29, 0.717) is 30.2 Å². The Morgan fingerprint density at radius 1 is 1.39 bits per heavy atom. The monoisotopic (exact) mass is 425 g/mol. The second-order valence-electron chi connectivity index (χ2n) is 8.70. The van der Waals surface area contributed by atoms with Gasteiger partial charge in [0.1, 0.15) is 17.1 Å². The standard InChI is InChI=1S/C22H27N5O4/c1-12-19(13(2)31-25-12)24-21(29)27-10-22(11-27)9-26(3)17(8-28)20-18(22)15-6-5-14(30-4)7-16(15)23-20/h5-7,17,23,28H,8-11H2,1-4H3,(H,24,29)/t17-/m0/s1. The van der Waals surface area contributed by atoms with Crippen LogP contribution in [-0.4, -0.2) is 71.5 Å². The van der Waals surface area contributed by atoms with Crippen molar-refractivity contribution in [2.75, 3.05) is 45.7 Å². The number of rotatable bonds is 3. The van der Waals surface area contributed by atoms with Crippen molar-refractivity contribution in [2.24, 2.45) is 0 Å². The van der Waals surface area contributed by atoms with Crippen LogP contribution in [0.15, 0.2) is 22.7 Å². The number of nitrogens with zero attached hydrogens (tertiary/aromatic N) is 3. The smallest absolute Gasteiger partial charge is 0.322 e. The van der Waals surface area contributed by atoms with E-state index in [2.05, 4.69) is 26.4 Å². The van der Waals surface area contributed by atoms with Crippen LogP contribution in [0.3, 0.4) is 0 Å². The van der Waals surface area contributed by atoms with Crippen molar-refractivity contribution < 1.29 is 19.2 Å². The quantitative estimate of drug-likeness (QED) is 0.595. The maximum absolute atomic E-state index is 12.9. The Morgan fingerprint density at radius 2 is 2.16 bits per heavy atom. The summed E-state index contributed by atoms with van der Waals surface area (Å²) in [6, 6.07) is 5.74. The minimum Gasteiger partial charge on any atom is -0.497 e. The highest BCUT2D eigenvalue weighted by Crippen LogP contribution is 2.48. The number of benzene rings is 1. The average Bonchev–Trinajstić information content (AvgIpc) is 3.25. The summed E-state index contributed by atoms with van der Waals surface area (Å²) in [5.74, 6) is 1.38. The summed E-state index contributed by atoms with van der Waals surface area (Å²) in [7, 11) is 3.67. The summed E-state index contributed by atoms with van der Waals surface area (Å²) in [4.78, 5) is 20.4. The first-order valence-corrected chi connectivity index (χ1v) is 10.4. The second kappa shape index (κ2) is 7.00. The molecular formula is C22H27N5O4. The molecule has 2 aliphatic rings. The average molecular weight is 425 g/mol. The van der Waals surface area contributed by atoms with Gasteiger partial charge >= 0.3 is 6.03 Å². The lowest BCUT2D eigenvalue weighted by Crippen LogP contribution is -2.67. The third kappa shape index (κ3) is 2.91. The predicted molar refractivity (Wildman–Crippen MR) is 116 cm³/mol. The molecule has 3 aromatic rings. The zero-order valence-electron chi connectivity index (χ0n) is 18.2. The molecule has 9 heteroatoms. The Labute approximate surface area is 179 Å². The molecule has 4 heterocycles. The molecule has 0 saturated carbocycles. The molecule has 5 rings (SSSR count). The number of hydrogen-bond donors (Lipinski definition) is 3. The number of aromatic amines is 1. The van der Waals surface area contributed by atoms with E-state index in [1.807, 2.05) is 24.1 Å². The molecular weight excluding hydrogens is 398 g/mol. The van der Waals surface area contributed by atoms with Crippen molar-refractivity contribution >= 4 is 22.6 Å².